The molecule has 158 valence electrons. The summed E-state index contributed by atoms with van der Waals surface area (Å²) >= 11 is 5.96. The molecule has 0 atom stereocenters. The summed E-state index contributed by atoms with van der Waals surface area (Å²) in [4.78, 5) is 12.6. The number of hydrogen-bond acceptors (Lipinski definition) is 2. The summed E-state index contributed by atoms with van der Waals surface area (Å²) in [6.45, 7) is 7.86. The van der Waals surface area contributed by atoms with Gasteiger partial charge in [0.15, 0.2) is 0 Å². The zero-order valence-corrected chi connectivity index (χ0v) is 17.7. The molecule has 0 heterocycles. The van der Waals surface area contributed by atoms with E-state index in [-0.39, 0.29) is 10.7 Å². The molecule has 0 aliphatic carbocycles. The number of ether oxygens (including phenoxy) is 1. The molecule has 0 bridgehead atoms. The van der Waals surface area contributed by atoms with Crippen LogP contribution >= 0.6 is 11.6 Å². The van der Waals surface area contributed by atoms with Crippen molar-refractivity contribution >= 4 is 23.2 Å². The first-order valence-corrected chi connectivity index (χ1v) is 9.66. The van der Waals surface area contributed by atoms with Crippen molar-refractivity contribution in [2.75, 3.05) is 11.9 Å². The van der Waals surface area contributed by atoms with E-state index < -0.39 is 23.1 Å². The van der Waals surface area contributed by atoms with Crippen molar-refractivity contribution in [3.05, 3.63) is 58.1 Å². The van der Waals surface area contributed by atoms with Gasteiger partial charge in [0.1, 0.15) is 5.75 Å². The fraction of sp³-hybridized carbons (Fsp3) is 0.409. The third-order valence-electron chi connectivity index (χ3n) is 4.70. The van der Waals surface area contributed by atoms with Gasteiger partial charge in [0, 0.05) is 5.41 Å². The summed E-state index contributed by atoms with van der Waals surface area (Å²) in [6.07, 6.45) is -3.39. The van der Waals surface area contributed by atoms with Gasteiger partial charge in [0.2, 0.25) is 5.91 Å². The number of halogens is 4. The Kier molecular flexibility index (Phi) is 7.22. The van der Waals surface area contributed by atoms with E-state index in [1.165, 1.54) is 0 Å². The Balaban J connectivity index is 1.95. The first-order chi connectivity index (χ1) is 13.4. The Hall–Kier alpha value is -2.21. The van der Waals surface area contributed by atoms with Crippen LogP contribution in [0.5, 0.6) is 5.75 Å². The van der Waals surface area contributed by atoms with Gasteiger partial charge in [-0.25, -0.2) is 0 Å². The number of hydrogen-bond donors (Lipinski definition) is 1. The minimum atomic E-state index is -4.51. The Morgan fingerprint density at radius 1 is 1.10 bits per heavy atom. The molecule has 2 rings (SSSR count). The van der Waals surface area contributed by atoms with E-state index in [1.54, 1.807) is 13.8 Å². The summed E-state index contributed by atoms with van der Waals surface area (Å²) in [5.41, 5.74) is 0.418. The van der Waals surface area contributed by atoms with Crippen LogP contribution in [0.15, 0.2) is 36.4 Å². The third-order valence-corrected chi connectivity index (χ3v) is 5.03. The quantitative estimate of drug-likeness (QED) is 0.493. The molecule has 2 aromatic carbocycles. The number of carbonyl (C=O) groups is 1. The first-order valence-electron chi connectivity index (χ1n) is 9.28. The molecule has 3 nitrogen and oxygen atoms in total. The van der Waals surface area contributed by atoms with E-state index in [0.717, 1.165) is 35.1 Å². The van der Waals surface area contributed by atoms with Gasteiger partial charge in [0.25, 0.3) is 0 Å². The van der Waals surface area contributed by atoms with E-state index in [2.05, 4.69) is 5.32 Å². The number of nitrogens with one attached hydrogen (secondary N) is 1. The maximum Gasteiger partial charge on any atom is 0.416 e. The normalized spacial score (nSPS) is 12.0. The van der Waals surface area contributed by atoms with Crippen LogP contribution in [-0.4, -0.2) is 12.5 Å². The monoisotopic (exact) mass is 427 g/mol. The SMILES string of the molecule is Cc1ccc(C)c(OCCCC(C)(C)C(=O)Nc2cc(C(F)(F)F)ccc2Cl)c1. The molecule has 1 N–H and O–H groups in total. The van der Waals surface area contributed by atoms with Crippen LogP contribution in [0.2, 0.25) is 5.02 Å². The Labute approximate surface area is 174 Å². The number of carbonyl (C=O) groups excluding carboxylic acids is 1. The predicted molar refractivity (Wildman–Crippen MR) is 110 cm³/mol. The van der Waals surface area contributed by atoms with Gasteiger partial charge in [-0.15, -0.1) is 0 Å². The number of aryl methyl sites for hydroxylation is 2. The van der Waals surface area contributed by atoms with Gasteiger partial charge in [-0.05, 0) is 62.1 Å². The summed E-state index contributed by atoms with van der Waals surface area (Å²) in [5.74, 6) is 0.411. The fourth-order valence-corrected chi connectivity index (χ4v) is 2.93. The van der Waals surface area contributed by atoms with E-state index in [0.29, 0.717) is 19.4 Å². The zero-order chi connectivity index (χ0) is 21.8. The summed E-state index contributed by atoms with van der Waals surface area (Å²) < 4.78 is 44.5. The number of benzene rings is 2. The van der Waals surface area contributed by atoms with Gasteiger partial charge in [-0.2, -0.15) is 13.2 Å². The predicted octanol–water partition coefficient (Wildman–Crippen LogP) is 6.80. The van der Waals surface area contributed by atoms with Crippen LogP contribution in [-0.2, 0) is 11.0 Å². The van der Waals surface area contributed by atoms with E-state index in [1.807, 2.05) is 32.0 Å². The molecule has 0 unspecified atom stereocenters. The molecule has 7 heteroatoms. The second-order valence-electron chi connectivity index (χ2n) is 7.75. The highest BCUT2D eigenvalue weighted by Gasteiger charge is 2.32. The highest BCUT2D eigenvalue weighted by Crippen LogP contribution is 2.35. The van der Waals surface area contributed by atoms with Crippen LogP contribution < -0.4 is 10.1 Å². The molecule has 0 spiro atoms. The number of amides is 1. The first kappa shape index (κ1) is 23.1. The van der Waals surface area contributed by atoms with Crippen molar-refractivity contribution in [2.24, 2.45) is 5.41 Å². The van der Waals surface area contributed by atoms with Gasteiger partial charge in [-0.1, -0.05) is 37.6 Å². The highest BCUT2D eigenvalue weighted by atomic mass is 35.5. The standard InChI is InChI=1S/C22H25ClF3NO2/c1-14-6-7-15(2)19(12-14)29-11-5-10-21(3,4)20(28)27-18-13-16(22(24,25)26)8-9-17(18)23/h6-9,12-13H,5,10-11H2,1-4H3,(H,27,28). The molecule has 1 amide bonds. The molecular weight excluding hydrogens is 403 g/mol. The van der Waals surface area contributed by atoms with Crippen LogP contribution in [0.4, 0.5) is 18.9 Å². The van der Waals surface area contributed by atoms with Crippen molar-refractivity contribution in [3.8, 4) is 5.75 Å². The average Bonchev–Trinajstić information content (AvgIpc) is 2.62. The minimum absolute atomic E-state index is 0.0498. The molecule has 0 aliphatic heterocycles. The van der Waals surface area contributed by atoms with E-state index >= 15 is 0 Å². The fourth-order valence-electron chi connectivity index (χ4n) is 2.76. The molecule has 2 aromatic rings. The molecule has 0 aliphatic rings. The molecular formula is C22H25ClF3NO2. The lowest BCUT2D eigenvalue weighted by molar-refractivity contribution is -0.137. The van der Waals surface area contributed by atoms with Crippen LogP contribution in [0.25, 0.3) is 0 Å². The summed E-state index contributed by atoms with van der Waals surface area (Å²) in [5, 5.41) is 2.58. The van der Waals surface area contributed by atoms with Crippen molar-refractivity contribution in [1.29, 1.82) is 0 Å². The maximum atomic E-state index is 12.9. The Bertz CT molecular complexity index is 879. The molecule has 0 saturated carbocycles. The van der Waals surface area contributed by atoms with Crippen LogP contribution in [0, 0.1) is 19.3 Å². The van der Waals surface area contributed by atoms with Crippen LogP contribution in [0.3, 0.4) is 0 Å². The number of anilines is 1. The van der Waals surface area contributed by atoms with Crippen molar-refractivity contribution < 1.29 is 22.7 Å². The summed E-state index contributed by atoms with van der Waals surface area (Å²) in [7, 11) is 0. The second-order valence-corrected chi connectivity index (χ2v) is 8.16. The van der Waals surface area contributed by atoms with Crippen LogP contribution in [0.1, 0.15) is 43.4 Å². The molecule has 0 saturated heterocycles. The van der Waals surface area contributed by atoms with E-state index in [4.69, 9.17) is 16.3 Å². The molecule has 29 heavy (non-hydrogen) atoms. The lowest BCUT2D eigenvalue weighted by atomic mass is 9.87. The second kappa shape index (κ2) is 9.08. The molecule has 0 radical (unpaired) electrons. The molecule has 0 aromatic heterocycles. The molecule has 0 fully saturated rings. The van der Waals surface area contributed by atoms with Crippen molar-refractivity contribution in [1.82, 2.24) is 0 Å². The van der Waals surface area contributed by atoms with Gasteiger partial charge < -0.3 is 10.1 Å². The highest BCUT2D eigenvalue weighted by molar-refractivity contribution is 6.33. The maximum absolute atomic E-state index is 12.9. The lowest BCUT2D eigenvalue weighted by Crippen LogP contribution is -2.31. The third kappa shape index (κ3) is 6.39. The smallest absolute Gasteiger partial charge is 0.416 e. The topological polar surface area (TPSA) is 38.3 Å². The van der Waals surface area contributed by atoms with E-state index in [9.17, 15) is 18.0 Å². The number of alkyl halides is 3. The minimum Gasteiger partial charge on any atom is -0.493 e. The van der Waals surface area contributed by atoms with Gasteiger partial charge >= 0.3 is 6.18 Å². The number of rotatable bonds is 7. The Morgan fingerprint density at radius 2 is 1.79 bits per heavy atom. The summed E-state index contributed by atoms with van der Waals surface area (Å²) in [6, 6.07) is 8.82. The Morgan fingerprint density at radius 3 is 2.45 bits per heavy atom. The van der Waals surface area contributed by atoms with Crippen molar-refractivity contribution in [2.45, 2.75) is 46.7 Å². The average molecular weight is 428 g/mol. The van der Waals surface area contributed by atoms with Crippen molar-refractivity contribution in [3.63, 3.8) is 0 Å². The lowest BCUT2D eigenvalue weighted by Gasteiger charge is -2.24. The van der Waals surface area contributed by atoms with Gasteiger partial charge in [0.05, 0.1) is 22.9 Å². The zero-order valence-electron chi connectivity index (χ0n) is 16.9. The largest absolute Gasteiger partial charge is 0.493 e. The van der Waals surface area contributed by atoms with Gasteiger partial charge in [-0.3, -0.25) is 4.79 Å².